The van der Waals surface area contributed by atoms with Gasteiger partial charge in [0, 0.05) is 0 Å². The first-order valence-electron chi connectivity index (χ1n) is 6.51. The molecule has 0 unspecified atom stereocenters. The SMILES string of the molecule is C1=NCCO1.CCCCCCCCCC. The Morgan fingerprint density at radius 2 is 1.47 bits per heavy atom. The Labute approximate surface area is 95.1 Å². The van der Waals surface area contributed by atoms with Crippen LogP contribution < -0.4 is 0 Å². The van der Waals surface area contributed by atoms with E-state index in [2.05, 4.69) is 23.6 Å². The molecule has 0 amide bonds. The average Bonchev–Trinajstić information content (AvgIpc) is 2.82. The lowest BCUT2D eigenvalue weighted by molar-refractivity contribution is 0.361. The molecule has 1 aliphatic rings. The molecule has 0 aromatic heterocycles. The van der Waals surface area contributed by atoms with Gasteiger partial charge in [0.25, 0.3) is 0 Å². The van der Waals surface area contributed by atoms with Crippen molar-refractivity contribution in [1.82, 2.24) is 0 Å². The zero-order valence-electron chi connectivity index (χ0n) is 10.5. The van der Waals surface area contributed by atoms with Crippen LogP contribution in [0.3, 0.4) is 0 Å². The smallest absolute Gasteiger partial charge is 0.169 e. The van der Waals surface area contributed by atoms with Gasteiger partial charge in [0.15, 0.2) is 6.40 Å². The van der Waals surface area contributed by atoms with Crippen LogP contribution in [0.4, 0.5) is 0 Å². The number of ether oxygens (including phenoxy) is 1. The normalized spacial score (nSPS) is 13.2. The van der Waals surface area contributed by atoms with Gasteiger partial charge in [-0.3, -0.25) is 4.99 Å². The highest BCUT2D eigenvalue weighted by Crippen LogP contribution is 2.07. The van der Waals surface area contributed by atoms with Gasteiger partial charge in [-0.15, -0.1) is 0 Å². The Kier molecular flexibility index (Phi) is 13.0. The van der Waals surface area contributed by atoms with Crippen LogP contribution in [0.15, 0.2) is 4.99 Å². The number of nitrogens with zero attached hydrogens (tertiary/aromatic N) is 1. The Hall–Kier alpha value is -0.530. The lowest BCUT2D eigenvalue weighted by atomic mass is 10.1. The van der Waals surface area contributed by atoms with Crippen molar-refractivity contribution in [3.05, 3.63) is 0 Å². The van der Waals surface area contributed by atoms with E-state index in [0.29, 0.717) is 0 Å². The van der Waals surface area contributed by atoms with E-state index in [-0.39, 0.29) is 0 Å². The van der Waals surface area contributed by atoms with E-state index < -0.39 is 0 Å². The summed E-state index contributed by atoms with van der Waals surface area (Å²) in [7, 11) is 0. The minimum atomic E-state index is 0.778. The molecule has 90 valence electrons. The Bertz CT molecular complexity index is 120. The lowest BCUT2D eigenvalue weighted by Gasteiger charge is -1.97. The van der Waals surface area contributed by atoms with E-state index in [0.717, 1.165) is 13.2 Å². The highest BCUT2D eigenvalue weighted by Gasteiger charge is 1.87. The summed E-state index contributed by atoms with van der Waals surface area (Å²) in [4.78, 5) is 3.74. The summed E-state index contributed by atoms with van der Waals surface area (Å²) in [5, 5.41) is 0. The summed E-state index contributed by atoms with van der Waals surface area (Å²) in [6.07, 6.45) is 12.9. The van der Waals surface area contributed by atoms with E-state index in [4.69, 9.17) is 0 Å². The van der Waals surface area contributed by atoms with Gasteiger partial charge >= 0.3 is 0 Å². The maximum atomic E-state index is 4.65. The zero-order chi connectivity index (χ0) is 11.2. The van der Waals surface area contributed by atoms with Crippen molar-refractivity contribution in [2.45, 2.75) is 65.2 Å². The second-order valence-corrected chi connectivity index (χ2v) is 4.00. The molecule has 15 heavy (non-hydrogen) atoms. The largest absolute Gasteiger partial charge is 0.482 e. The molecule has 0 aliphatic carbocycles. The van der Waals surface area contributed by atoms with E-state index in [1.165, 1.54) is 57.8 Å². The number of unbranched alkanes of at least 4 members (excludes halogenated alkanes) is 7. The zero-order valence-corrected chi connectivity index (χ0v) is 10.5. The number of hydrogen-bond donors (Lipinski definition) is 0. The van der Waals surface area contributed by atoms with Crippen molar-refractivity contribution in [3.8, 4) is 0 Å². The van der Waals surface area contributed by atoms with Gasteiger partial charge in [-0.1, -0.05) is 65.2 Å². The van der Waals surface area contributed by atoms with Gasteiger partial charge in [-0.2, -0.15) is 0 Å². The molecular weight excluding hydrogens is 186 g/mol. The second kappa shape index (κ2) is 13.5. The molecule has 0 spiro atoms. The summed E-state index contributed by atoms with van der Waals surface area (Å²) < 4.78 is 4.65. The van der Waals surface area contributed by atoms with Crippen LogP contribution in [-0.4, -0.2) is 19.6 Å². The standard InChI is InChI=1S/C10H22.C3H5NO/c1-3-5-7-9-10-8-6-4-2;1-2-5-3-4-1/h3-10H2,1-2H3;3H,1-2H2. The monoisotopic (exact) mass is 213 g/mol. The van der Waals surface area contributed by atoms with Crippen molar-refractivity contribution in [3.63, 3.8) is 0 Å². The first-order chi connectivity index (χ1) is 7.41. The van der Waals surface area contributed by atoms with Gasteiger partial charge in [0.1, 0.15) is 6.61 Å². The molecule has 1 rings (SSSR count). The molecule has 2 heteroatoms. The molecule has 0 aromatic carbocycles. The number of hydrogen-bond acceptors (Lipinski definition) is 2. The maximum absolute atomic E-state index is 4.65. The van der Waals surface area contributed by atoms with Crippen molar-refractivity contribution < 1.29 is 4.74 Å². The Balaban J connectivity index is 0.000000322. The van der Waals surface area contributed by atoms with Gasteiger partial charge in [0.2, 0.25) is 0 Å². The third kappa shape index (κ3) is 13.5. The van der Waals surface area contributed by atoms with Gasteiger partial charge in [0.05, 0.1) is 6.54 Å². The number of aliphatic imine (C=N–C) groups is 1. The molecule has 0 N–H and O–H groups in total. The third-order valence-electron chi connectivity index (χ3n) is 2.44. The Morgan fingerprint density at radius 1 is 0.933 bits per heavy atom. The van der Waals surface area contributed by atoms with Crippen molar-refractivity contribution in [2.24, 2.45) is 4.99 Å². The maximum Gasteiger partial charge on any atom is 0.169 e. The van der Waals surface area contributed by atoms with Crippen molar-refractivity contribution >= 4 is 6.40 Å². The van der Waals surface area contributed by atoms with Crippen LogP contribution in [0.1, 0.15) is 65.2 Å². The summed E-state index contributed by atoms with van der Waals surface area (Å²) in [6.45, 7) is 6.16. The topological polar surface area (TPSA) is 21.6 Å². The van der Waals surface area contributed by atoms with Gasteiger partial charge in [-0.25, -0.2) is 0 Å². The quantitative estimate of drug-likeness (QED) is 0.581. The van der Waals surface area contributed by atoms with Gasteiger partial charge < -0.3 is 4.74 Å². The first-order valence-corrected chi connectivity index (χ1v) is 6.51. The predicted molar refractivity (Wildman–Crippen MR) is 67.6 cm³/mol. The molecule has 0 saturated heterocycles. The van der Waals surface area contributed by atoms with Crippen LogP contribution >= 0.6 is 0 Å². The fourth-order valence-corrected chi connectivity index (χ4v) is 1.47. The number of rotatable bonds is 7. The fraction of sp³-hybridized carbons (Fsp3) is 0.923. The van der Waals surface area contributed by atoms with E-state index >= 15 is 0 Å². The third-order valence-corrected chi connectivity index (χ3v) is 2.44. The molecule has 1 aliphatic heterocycles. The first kappa shape index (κ1) is 14.5. The van der Waals surface area contributed by atoms with Crippen LogP contribution in [0, 0.1) is 0 Å². The molecular formula is C13H27NO. The van der Waals surface area contributed by atoms with Crippen molar-refractivity contribution in [1.29, 1.82) is 0 Å². The second-order valence-electron chi connectivity index (χ2n) is 4.00. The molecule has 0 aromatic rings. The van der Waals surface area contributed by atoms with Crippen LogP contribution in [-0.2, 0) is 4.74 Å². The van der Waals surface area contributed by atoms with Crippen molar-refractivity contribution in [2.75, 3.05) is 13.2 Å². The Morgan fingerprint density at radius 3 is 1.73 bits per heavy atom. The van der Waals surface area contributed by atoms with E-state index in [1.807, 2.05) is 0 Å². The van der Waals surface area contributed by atoms with E-state index in [9.17, 15) is 0 Å². The predicted octanol–water partition coefficient (Wildman–Crippen LogP) is 4.19. The fourth-order valence-electron chi connectivity index (χ4n) is 1.47. The molecule has 1 heterocycles. The summed E-state index contributed by atoms with van der Waals surface area (Å²) >= 11 is 0. The molecule has 2 nitrogen and oxygen atoms in total. The molecule has 0 atom stereocenters. The van der Waals surface area contributed by atoms with Crippen LogP contribution in [0.25, 0.3) is 0 Å². The molecule has 0 saturated carbocycles. The molecule has 0 fully saturated rings. The van der Waals surface area contributed by atoms with Crippen LogP contribution in [0.5, 0.6) is 0 Å². The minimum Gasteiger partial charge on any atom is -0.482 e. The summed E-state index contributed by atoms with van der Waals surface area (Å²) in [5.74, 6) is 0. The molecule has 0 radical (unpaired) electrons. The van der Waals surface area contributed by atoms with E-state index in [1.54, 1.807) is 0 Å². The van der Waals surface area contributed by atoms with Gasteiger partial charge in [-0.05, 0) is 0 Å². The van der Waals surface area contributed by atoms with Crippen LogP contribution in [0.2, 0.25) is 0 Å². The summed E-state index contributed by atoms with van der Waals surface area (Å²) in [5.41, 5.74) is 0. The average molecular weight is 213 g/mol. The highest BCUT2D eigenvalue weighted by molar-refractivity contribution is 5.47. The minimum absolute atomic E-state index is 0.778. The molecule has 0 bridgehead atoms. The summed E-state index contributed by atoms with van der Waals surface area (Å²) in [6, 6.07) is 0. The highest BCUT2D eigenvalue weighted by atomic mass is 16.5. The lowest BCUT2D eigenvalue weighted by Crippen LogP contribution is -1.80.